The second-order valence-electron chi connectivity index (χ2n) is 7.95. The van der Waals surface area contributed by atoms with E-state index in [0.717, 1.165) is 55.7 Å². The number of piperidine rings is 1. The van der Waals surface area contributed by atoms with Crippen molar-refractivity contribution in [1.29, 1.82) is 5.26 Å². The molecule has 0 saturated carbocycles. The molecule has 31 heavy (non-hydrogen) atoms. The summed E-state index contributed by atoms with van der Waals surface area (Å²) in [6.07, 6.45) is 5.39. The van der Waals surface area contributed by atoms with Gasteiger partial charge in [0.15, 0.2) is 11.5 Å². The number of nitrogens with zero attached hydrogens (tertiary/aromatic N) is 2. The normalized spacial score (nSPS) is 15.0. The van der Waals surface area contributed by atoms with Gasteiger partial charge in [-0.25, -0.2) is 0 Å². The number of likely N-dealkylation sites (tertiary alicyclic amines) is 1. The molecule has 0 atom stereocenters. The van der Waals surface area contributed by atoms with Crippen molar-refractivity contribution >= 4 is 10.9 Å². The van der Waals surface area contributed by atoms with Crippen molar-refractivity contribution in [3.8, 4) is 23.3 Å². The fourth-order valence-corrected chi connectivity index (χ4v) is 4.40. The van der Waals surface area contributed by atoms with Crippen LogP contribution in [0.5, 0.6) is 17.2 Å². The molecule has 162 valence electrons. The van der Waals surface area contributed by atoms with E-state index in [9.17, 15) is 5.26 Å². The molecule has 0 spiro atoms. The first-order valence-corrected chi connectivity index (χ1v) is 10.8. The average Bonchev–Trinajstić information content (AvgIpc) is 3.25. The van der Waals surface area contributed by atoms with Crippen molar-refractivity contribution < 1.29 is 14.2 Å². The van der Waals surface area contributed by atoms with Gasteiger partial charge >= 0.3 is 0 Å². The number of aromatic amines is 1. The molecule has 0 aliphatic carbocycles. The van der Waals surface area contributed by atoms with Crippen LogP contribution < -0.4 is 14.2 Å². The summed E-state index contributed by atoms with van der Waals surface area (Å²) < 4.78 is 16.5. The molecule has 6 heteroatoms. The Labute approximate surface area is 183 Å². The van der Waals surface area contributed by atoms with E-state index in [1.165, 1.54) is 10.9 Å². The quantitative estimate of drug-likeness (QED) is 0.536. The molecule has 1 aliphatic rings. The lowest BCUT2D eigenvalue weighted by atomic mass is 9.89. The highest BCUT2D eigenvalue weighted by molar-refractivity contribution is 5.85. The maximum absolute atomic E-state index is 9.21. The third kappa shape index (κ3) is 4.78. The summed E-state index contributed by atoms with van der Waals surface area (Å²) >= 11 is 0. The fraction of sp³-hybridized carbons (Fsp3) is 0.400. The summed E-state index contributed by atoms with van der Waals surface area (Å²) in [5.74, 6) is 2.73. The van der Waals surface area contributed by atoms with Gasteiger partial charge in [-0.15, -0.1) is 0 Å². The van der Waals surface area contributed by atoms with Gasteiger partial charge in [0.25, 0.3) is 0 Å². The lowest BCUT2D eigenvalue weighted by Crippen LogP contribution is -2.34. The number of nitrogens with one attached hydrogen (secondary N) is 1. The van der Waals surface area contributed by atoms with Crippen LogP contribution in [0, 0.1) is 11.3 Å². The maximum atomic E-state index is 9.21. The van der Waals surface area contributed by atoms with E-state index in [1.807, 2.05) is 36.4 Å². The van der Waals surface area contributed by atoms with Gasteiger partial charge < -0.3 is 24.1 Å². The predicted molar refractivity (Wildman–Crippen MR) is 121 cm³/mol. The molecule has 1 aliphatic heterocycles. The molecular weight excluding hydrogens is 390 g/mol. The number of ether oxygens (including phenoxy) is 3. The zero-order chi connectivity index (χ0) is 21.6. The van der Waals surface area contributed by atoms with Crippen LogP contribution in [0.15, 0.2) is 42.6 Å². The van der Waals surface area contributed by atoms with E-state index >= 15 is 0 Å². The van der Waals surface area contributed by atoms with E-state index in [-0.39, 0.29) is 0 Å². The van der Waals surface area contributed by atoms with Crippen molar-refractivity contribution in [1.82, 2.24) is 9.88 Å². The zero-order valence-corrected chi connectivity index (χ0v) is 18.2. The first-order chi connectivity index (χ1) is 15.2. The number of aromatic nitrogens is 1. The zero-order valence-electron chi connectivity index (χ0n) is 18.2. The topological polar surface area (TPSA) is 70.5 Å². The lowest BCUT2D eigenvalue weighted by Gasteiger charge is -2.31. The van der Waals surface area contributed by atoms with E-state index in [0.29, 0.717) is 24.0 Å². The molecule has 2 aromatic carbocycles. The molecule has 0 amide bonds. The van der Waals surface area contributed by atoms with Crippen LogP contribution in [0.3, 0.4) is 0 Å². The Morgan fingerprint density at radius 2 is 1.87 bits per heavy atom. The van der Waals surface area contributed by atoms with Gasteiger partial charge in [-0.05, 0) is 74.2 Å². The molecule has 2 heterocycles. The van der Waals surface area contributed by atoms with E-state index in [2.05, 4.69) is 22.1 Å². The molecule has 3 aromatic rings. The van der Waals surface area contributed by atoms with Crippen LogP contribution in [0.4, 0.5) is 0 Å². The molecule has 4 rings (SSSR count). The lowest BCUT2D eigenvalue weighted by molar-refractivity contribution is 0.193. The van der Waals surface area contributed by atoms with Gasteiger partial charge in [-0.3, -0.25) is 0 Å². The van der Waals surface area contributed by atoms with E-state index in [1.54, 1.807) is 14.2 Å². The standard InChI is InChI=1S/C25H29N3O3/c1-29-24-7-5-20(15-25(24)30-2)31-13-3-10-28-11-8-19(9-12-28)22-17-27-23-6-4-18(16-26)14-21(22)23/h4-7,14-15,17,19,27H,3,8-13H2,1-2H3. The van der Waals surface area contributed by atoms with Gasteiger partial charge in [0.05, 0.1) is 32.5 Å². The Hall–Kier alpha value is -3.17. The number of benzene rings is 2. The second kappa shape index (κ2) is 9.76. The highest BCUT2D eigenvalue weighted by atomic mass is 16.5. The highest BCUT2D eigenvalue weighted by Gasteiger charge is 2.22. The number of fused-ring (bicyclic) bond motifs is 1. The smallest absolute Gasteiger partial charge is 0.164 e. The van der Waals surface area contributed by atoms with Gasteiger partial charge in [0.2, 0.25) is 0 Å². The molecule has 0 radical (unpaired) electrons. The van der Waals surface area contributed by atoms with Crippen molar-refractivity contribution in [2.24, 2.45) is 0 Å². The number of hydrogen-bond acceptors (Lipinski definition) is 5. The summed E-state index contributed by atoms with van der Waals surface area (Å²) in [7, 11) is 3.26. The summed E-state index contributed by atoms with van der Waals surface area (Å²) in [4.78, 5) is 5.88. The number of methoxy groups -OCH3 is 2. The van der Waals surface area contributed by atoms with Crippen LogP contribution in [-0.2, 0) is 0 Å². The largest absolute Gasteiger partial charge is 0.493 e. The SMILES string of the molecule is COc1ccc(OCCCN2CCC(c3c[nH]c4ccc(C#N)cc34)CC2)cc1OC. The summed E-state index contributed by atoms with van der Waals surface area (Å²) in [5, 5.41) is 10.4. The van der Waals surface area contributed by atoms with Gasteiger partial charge in [-0.1, -0.05) is 0 Å². The highest BCUT2D eigenvalue weighted by Crippen LogP contribution is 2.34. The average molecular weight is 420 g/mol. The van der Waals surface area contributed by atoms with E-state index in [4.69, 9.17) is 14.2 Å². The summed E-state index contributed by atoms with van der Waals surface area (Å²) in [6.45, 7) is 3.89. The minimum atomic E-state index is 0.543. The number of hydrogen-bond donors (Lipinski definition) is 1. The van der Waals surface area contributed by atoms with Crippen molar-refractivity contribution in [3.05, 3.63) is 53.7 Å². The summed E-state index contributed by atoms with van der Waals surface area (Å²) in [5.41, 5.74) is 3.19. The number of rotatable bonds is 8. The maximum Gasteiger partial charge on any atom is 0.164 e. The van der Waals surface area contributed by atoms with Crippen LogP contribution in [0.2, 0.25) is 0 Å². The molecular formula is C25H29N3O3. The first-order valence-electron chi connectivity index (χ1n) is 10.8. The Bertz CT molecular complexity index is 1060. The Kier molecular flexibility index (Phi) is 6.63. The Morgan fingerprint density at radius 1 is 1.06 bits per heavy atom. The molecule has 1 N–H and O–H groups in total. The van der Waals surface area contributed by atoms with Gasteiger partial charge in [0.1, 0.15) is 5.75 Å². The van der Waals surface area contributed by atoms with Gasteiger partial charge in [0, 0.05) is 29.7 Å². The first kappa shape index (κ1) is 21.1. The Balaban J connectivity index is 1.24. The minimum Gasteiger partial charge on any atom is -0.493 e. The summed E-state index contributed by atoms with van der Waals surface area (Å²) in [6, 6.07) is 13.8. The molecule has 0 bridgehead atoms. The molecule has 1 fully saturated rings. The predicted octanol–water partition coefficient (Wildman–Crippen LogP) is 4.71. The molecule has 0 unspecified atom stereocenters. The van der Waals surface area contributed by atoms with Crippen LogP contribution in [0.25, 0.3) is 10.9 Å². The molecule has 1 aromatic heterocycles. The minimum absolute atomic E-state index is 0.543. The van der Waals surface area contributed by atoms with E-state index < -0.39 is 0 Å². The van der Waals surface area contributed by atoms with Gasteiger partial charge in [-0.2, -0.15) is 5.26 Å². The fourth-order valence-electron chi connectivity index (χ4n) is 4.40. The molecule has 6 nitrogen and oxygen atoms in total. The number of nitriles is 1. The van der Waals surface area contributed by atoms with Crippen molar-refractivity contribution in [3.63, 3.8) is 0 Å². The third-order valence-corrected chi connectivity index (χ3v) is 6.11. The second-order valence-corrected chi connectivity index (χ2v) is 7.95. The Morgan fingerprint density at radius 3 is 2.61 bits per heavy atom. The third-order valence-electron chi connectivity index (χ3n) is 6.11. The molecule has 1 saturated heterocycles. The van der Waals surface area contributed by atoms with Crippen molar-refractivity contribution in [2.45, 2.75) is 25.2 Å². The van der Waals surface area contributed by atoms with Crippen molar-refractivity contribution in [2.75, 3.05) is 40.5 Å². The van der Waals surface area contributed by atoms with Crippen LogP contribution >= 0.6 is 0 Å². The number of H-pyrrole nitrogens is 1. The van der Waals surface area contributed by atoms with Crippen LogP contribution in [-0.4, -0.2) is 50.3 Å². The van der Waals surface area contributed by atoms with Crippen LogP contribution in [0.1, 0.15) is 36.3 Å². The monoisotopic (exact) mass is 419 g/mol.